The lowest BCUT2D eigenvalue weighted by molar-refractivity contribution is 0.0883. The van der Waals surface area contributed by atoms with Crippen molar-refractivity contribution in [2.24, 2.45) is 0 Å². The zero-order chi connectivity index (χ0) is 27.5. The molecule has 0 bridgehead atoms. The lowest BCUT2D eigenvalue weighted by atomic mass is 10.0. The summed E-state index contributed by atoms with van der Waals surface area (Å²) >= 11 is 0. The van der Waals surface area contributed by atoms with Crippen molar-refractivity contribution < 1.29 is 23.4 Å². The number of fused-ring (bicyclic) bond motifs is 1. The number of nitrogens with one attached hydrogen (secondary N) is 1. The van der Waals surface area contributed by atoms with Gasteiger partial charge < -0.3 is 24.5 Å². The van der Waals surface area contributed by atoms with Gasteiger partial charge in [-0.1, -0.05) is 12.1 Å². The topological polar surface area (TPSA) is 78.2 Å². The molecule has 2 aliphatic rings. The average molecular weight is 544 g/mol. The second-order valence-electron chi connectivity index (χ2n) is 10.8. The molecule has 0 saturated carbocycles. The number of carbonyl (C=O) groups is 1. The van der Waals surface area contributed by atoms with Gasteiger partial charge in [-0.15, -0.1) is 0 Å². The summed E-state index contributed by atoms with van der Waals surface area (Å²) in [5.41, 5.74) is 2.84. The van der Waals surface area contributed by atoms with Gasteiger partial charge in [0, 0.05) is 68.7 Å². The minimum absolute atomic E-state index is 0.0940. The highest BCUT2D eigenvalue weighted by molar-refractivity contribution is 5.96. The fraction of sp³-hybridized carbons (Fsp3) is 0.344. The van der Waals surface area contributed by atoms with Gasteiger partial charge >= 0.3 is 0 Å². The number of phenols is 1. The maximum atomic E-state index is 13.2. The first-order valence-electron chi connectivity index (χ1n) is 14.0. The van der Waals surface area contributed by atoms with Gasteiger partial charge in [-0.05, 0) is 73.0 Å². The Labute approximate surface area is 233 Å². The normalized spacial score (nSPS) is 17.3. The van der Waals surface area contributed by atoms with E-state index in [9.17, 15) is 14.3 Å². The number of anilines is 1. The Kier molecular flexibility index (Phi) is 7.60. The van der Waals surface area contributed by atoms with Crippen LogP contribution in [0.25, 0.3) is 11.0 Å². The van der Waals surface area contributed by atoms with Crippen molar-refractivity contribution in [1.29, 1.82) is 0 Å². The van der Waals surface area contributed by atoms with Gasteiger partial charge in [0.1, 0.15) is 29.0 Å². The van der Waals surface area contributed by atoms with Crippen LogP contribution < -0.4 is 15.0 Å². The molecule has 3 heterocycles. The highest BCUT2D eigenvalue weighted by Crippen LogP contribution is 2.28. The van der Waals surface area contributed by atoms with Crippen LogP contribution in [0.1, 0.15) is 41.8 Å². The van der Waals surface area contributed by atoms with Crippen molar-refractivity contribution >= 4 is 22.6 Å². The van der Waals surface area contributed by atoms with Crippen LogP contribution in [-0.2, 0) is 6.54 Å². The molecule has 2 N–H and O–H groups in total. The molecule has 2 saturated heterocycles. The Hall–Kier alpha value is -4.04. The number of piperidine rings is 2. The van der Waals surface area contributed by atoms with Gasteiger partial charge in [-0.3, -0.25) is 9.69 Å². The summed E-state index contributed by atoms with van der Waals surface area (Å²) in [6, 6.07) is 21.6. The number of ether oxygens (including phenoxy) is 1. The summed E-state index contributed by atoms with van der Waals surface area (Å²) in [5.74, 6) is 0.907. The van der Waals surface area contributed by atoms with Crippen molar-refractivity contribution in [2.45, 2.75) is 44.4 Å². The summed E-state index contributed by atoms with van der Waals surface area (Å²) in [5, 5.41) is 13.5. The number of nitrogens with zero attached hydrogens (tertiary/aromatic N) is 2. The molecule has 40 heavy (non-hydrogen) atoms. The van der Waals surface area contributed by atoms with Crippen LogP contribution in [0.3, 0.4) is 0 Å². The first kappa shape index (κ1) is 26.2. The third-order valence-corrected chi connectivity index (χ3v) is 7.92. The Morgan fingerprint density at radius 2 is 1.65 bits per heavy atom. The Morgan fingerprint density at radius 3 is 2.38 bits per heavy atom. The average Bonchev–Trinajstić information content (AvgIpc) is 3.40. The fourth-order valence-corrected chi connectivity index (χ4v) is 5.62. The molecule has 4 aromatic rings. The summed E-state index contributed by atoms with van der Waals surface area (Å²) in [6.07, 6.45) is 3.62. The van der Waals surface area contributed by atoms with Crippen molar-refractivity contribution in [3.8, 4) is 11.5 Å². The molecule has 3 aromatic carbocycles. The van der Waals surface area contributed by atoms with E-state index in [1.807, 2.05) is 42.5 Å². The predicted molar refractivity (Wildman–Crippen MR) is 152 cm³/mol. The van der Waals surface area contributed by atoms with E-state index in [1.54, 1.807) is 18.2 Å². The molecule has 8 heteroatoms. The van der Waals surface area contributed by atoms with Crippen molar-refractivity contribution in [3.63, 3.8) is 0 Å². The fourth-order valence-electron chi connectivity index (χ4n) is 5.62. The van der Waals surface area contributed by atoms with Gasteiger partial charge in [0.15, 0.2) is 5.76 Å². The largest absolute Gasteiger partial charge is 0.508 e. The number of halogens is 1. The predicted octanol–water partition coefficient (Wildman–Crippen LogP) is 5.72. The van der Waals surface area contributed by atoms with Gasteiger partial charge in [-0.2, -0.15) is 0 Å². The van der Waals surface area contributed by atoms with Crippen molar-refractivity contribution in [1.82, 2.24) is 10.2 Å². The van der Waals surface area contributed by atoms with Gasteiger partial charge in [-0.25, -0.2) is 4.39 Å². The molecule has 0 atom stereocenters. The minimum Gasteiger partial charge on any atom is -0.508 e. The molecule has 0 unspecified atom stereocenters. The molecule has 2 aliphatic heterocycles. The molecule has 1 aromatic heterocycles. The summed E-state index contributed by atoms with van der Waals surface area (Å²) in [7, 11) is 0. The summed E-state index contributed by atoms with van der Waals surface area (Å²) in [6.45, 7) is 4.29. The highest BCUT2D eigenvalue weighted by Gasteiger charge is 2.24. The lowest BCUT2D eigenvalue weighted by Crippen LogP contribution is -2.44. The first-order chi connectivity index (χ1) is 19.5. The summed E-state index contributed by atoms with van der Waals surface area (Å²) < 4.78 is 25.4. The molecule has 2 fully saturated rings. The lowest BCUT2D eigenvalue weighted by Gasteiger charge is -2.33. The van der Waals surface area contributed by atoms with E-state index < -0.39 is 0 Å². The van der Waals surface area contributed by atoms with Gasteiger partial charge in [0.25, 0.3) is 5.91 Å². The third kappa shape index (κ3) is 6.23. The van der Waals surface area contributed by atoms with Crippen molar-refractivity contribution in [2.75, 3.05) is 31.1 Å². The Bertz CT molecular complexity index is 1440. The maximum absolute atomic E-state index is 13.2. The molecule has 0 aliphatic carbocycles. The Balaban J connectivity index is 0.993. The van der Waals surface area contributed by atoms with E-state index in [0.717, 1.165) is 80.8 Å². The van der Waals surface area contributed by atoms with Crippen LogP contribution in [0.2, 0.25) is 0 Å². The maximum Gasteiger partial charge on any atom is 0.287 e. The molecule has 6 rings (SSSR count). The molecule has 0 spiro atoms. The zero-order valence-electron chi connectivity index (χ0n) is 22.4. The van der Waals surface area contributed by atoms with E-state index in [4.69, 9.17) is 9.15 Å². The third-order valence-electron chi connectivity index (χ3n) is 7.92. The molecule has 0 radical (unpaired) electrons. The number of furan rings is 1. The number of hydrogen-bond acceptors (Lipinski definition) is 6. The number of likely N-dealkylation sites (tertiary alicyclic amines) is 1. The second kappa shape index (κ2) is 11.6. The molecule has 208 valence electrons. The van der Waals surface area contributed by atoms with E-state index >= 15 is 0 Å². The minimum atomic E-state index is -0.219. The van der Waals surface area contributed by atoms with Crippen LogP contribution >= 0.6 is 0 Å². The number of rotatable bonds is 7. The van der Waals surface area contributed by atoms with Crippen LogP contribution in [0.15, 0.2) is 77.2 Å². The number of hydrogen-bond donors (Lipinski definition) is 2. The van der Waals surface area contributed by atoms with Gasteiger partial charge in [0.2, 0.25) is 0 Å². The van der Waals surface area contributed by atoms with E-state index in [1.165, 1.54) is 12.1 Å². The number of amides is 1. The summed E-state index contributed by atoms with van der Waals surface area (Å²) in [4.78, 5) is 17.6. The molecular formula is C32H34FN3O4. The van der Waals surface area contributed by atoms with Crippen LogP contribution in [0.5, 0.6) is 11.5 Å². The van der Waals surface area contributed by atoms with Crippen LogP contribution in [-0.4, -0.2) is 54.2 Å². The van der Waals surface area contributed by atoms with Crippen molar-refractivity contribution in [3.05, 3.63) is 89.9 Å². The molecule has 1 amide bonds. The first-order valence-corrected chi connectivity index (χ1v) is 14.0. The van der Waals surface area contributed by atoms with E-state index in [0.29, 0.717) is 11.3 Å². The van der Waals surface area contributed by atoms with Crippen LogP contribution in [0, 0.1) is 5.82 Å². The SMILES string of the molecule is O=C(NC1CCN(Cc2ccc(F)cc2)CC1)c1cc2ccc(OC3CCN(c4ccc(O)cc4)CC3)cc2o1. The smallest absolute Gasteiger partial charge is 0.287 e. The van der Waals surface area contributed by atoms with E-state index in [-0.39, 0.29) is 29.6 Å². The highest BCUT2D eigenvalue weighted by atomic mass is 19.1. The molecular weight excluding hydrogens is 509 g/mol. The molecule has 7 nitrogen and oxygen atoms in total. The number of aromatic hydroxyl groups is 1. The number of carbonyl (C=O) groups excluding carboxylic acids is 1. The second-order valence-corrected chi connectivity index (χ2v) is 10.8. The number of phenolic OH excluding ortho intramolecular Hbond substituents is 1. The van der Waals surface area contributed by atoms with E-state index in [2.05, 4.69) is 15.1 Å². The number of benzene rings is 3. The Morgan fingerprint density at radius 1 is 0.925 bits per heavy atom. The quantitative estimate of drug-likeness (QED) is 0.311. The monoisotopic (exact) mass is 543 g/mol. The zero-order valence-corrected chi connectivity index (χ0v) is 22.4. The standard InChI is InChI=1S/C32H34FN3O4/c33-24-4-1-22(2-5-24)21-35-15-11-25(12-16-35)34-32(38)31-19-23-3-10-29(20-30(23)40-31)39-28-13-17-36(18-14-28)26-6-8-27(37)9-7-26/h1-10,19-20,25,28,37H,11-18,21H2,(H,34,38). The van der Waals surface area contributed by atoms with Crippen LogP contribution in [0.4, 0.5) is 10.1 Å². The van der Waals surface area contributed by atoms with Gasteiger partial charge in [0.05, 0.1) is 0 Å².